The number of halogens is 2. The van der Waals surface area contributed by atoms with Crippen LogP contribution in [0.15, 0.2) is 28.9 Å². The SMILES string of the molecule is CCc1nn(C)cc1C(Cc1ccc(F)c(Br)c1)NN. The summed E-state index contributed by atoms with van der Waals surface area (Å²) in [6.45, 7) is 2.06. The van der Waals surface area contributed by atoms with Gasteiger partial charge in [-0.1, -0.05) is 13.0 Å². The molecule has 2 rings (SSSR count). The molecule has 0 spiro atoms. The molecule has 0 aliphatic carbocycles. The van der Waals surface area contributed by atoms with Crippen molar-refractivity contribution in [3.63, 3.8) is 0 Å². The van der Waals surface area contributed by atoms with E-state index >= 15 is 0 Å². The number of hydrazine groups is 1. The highest BCUT2D eigenvalue weighted by Gasteiger charge is 2.17. The maximum absolute atomic E-state index is 13.3. The summed E-state index contributed by atoms with van der Waals surface area (Å²) in [6, 6.07) is 4.96. The van der Waals surface area contributed by atoms with E-state index in [9.17, 15) is 4.39 Å². The molecule has 1 aromatic carbocycles. The first kappa shape index (κ1) is 15.2. The summed E-state index contributed by atoms with van der Waals surface area (Å²) < 4.78 is 15.5. The number of nitrogens with zero attached hydrogens (tertiary/aromatic N) is 2. The predicted molar refractivity (Wildman–Crippen MR) is 80.5 cm³/mol. The van der Waals surface area contributed by atoms with E-state index < -0.39 is 0 Å². The van der Waals surface area contributed by atoms with Crippen molar-refractivity contribution in [2.45, 2.75) is 25.8 Å². The molecule has 2 aromatic rings. The van der Waals surface area contributed by atoms with Crippen LogP contribution in [0.5, 0.6) is 0 Å². The third-order valence-corrected chi connectivity index (χ3v) is 3.88. The molecule has 0 aliphatic heterocycles. The van der Waals surface area contributed by atoms with Crippen molar-refractivity contribution >= 4 is 15.9 Å². The maximum Gasteiger partial charge on any atom is 0.137 e. The molecule has 1 aromatic heterocycles. The van der Waals surface area contributed by atoms with Gasteiger partial charge in [0.1, 0.15) is 5.82 Å². The van der Waals surface area contributed by atoms with Crippen molar-refractivity contribution in [3.05, 3.63) is 51.5 Å². The maximum atomic E-state index is 13.3. The van der Waals surface area contributed by atoms with Gasteiger partial charge < -0.3 is 0 Å². The zero-order chi connectivity index (χ0) is 14.7. The molecule has 1 heterocycles. The molecule has 1 unspecified atom stereocenters. The van der Waals surface area contributed by atoms with E-state index in [0.29, 0.717) is 10.9 Å². The molecule has 0 radical (unpaired) electrons. The number of benzene rings is 1. The lowest BCUT2D eigenvalue weighted by molar-refractivity contribution is 0.546. The van der Waals surface area contributed by atoms with E-state index in [-0.39, 0.29) is 11.9 Å². The van der Waals surface area contributed by atoms with Gasteiger partial charge in [-0.05, 0) is 46.5 Å². The molecule has 0 bridgehead atoms. The first-order chi connectivity index (χ1) is 9.55. The van der Waals surface area contributed by atoms with Crippen molar-refractivity contribution in [2.75, 3.05) is 0 Å². The van der Waals surface area contributed by atoms with Gasteiger partial charge >= 0.3 is 0 Å². The van der Waals surface area contributed by atoms with Crippen LogP contribution < -0.4 is 11.3 Å². The third kappa shape index (κ3) is 3.26. The largest absolute Gasteiger partial charge is 0.275 e. The molecular weight excluding hydrogens is 323 g/mol. The summed E-state index contributed by atoms with van der Waals surface area (Å²) in [5, 5.41) is 4.42. The molecule has 0 amide bonds. The van der Waals surface area contributed by atoms with Gasteiger partial charge in [-0.25, -0.2) is 4.39 Å². The van der Waals surface area contributed by atoms with E-state index in [0.717, 1.165) is 23.2 Å². The molecule has 6 heteroatoms. The van der Waals surface area contributed by atoms with Crippen LogP contribution in [0.1, 0.15) is 29.8 Å². The van der Waals surface area contributed by atoms with Crippen LogP contribution in [0.25, 0.3) is 0 Å². The van der Waals surface area contributed by atoms with Crippen molar-refractivity contribution in [1.82, 2.24) is 15.2 Å². The zero-order valence-electron chi connectivity index (χ0n) is 11.5. The fourth-order valence-corrected chi connectivity index (χ4v) is 2.71. The van der Waals surface area contributed by atoms with Crippen molar-refractivity contribution in [1.29, 1.82) is 0 Å². The predicted octanol–water partition coefficient (Wildman–Crippen LogP) is 2.63. The molecule has 1 atom stereocenters. The number of hydrogen-bond acceptors (Lipinski definition) is 3. The highest BCUT2D eigenvalue weighted by atomic mass is 79.9. The normalized spacial score (nSPS) is 12.7. The fraction of sp³-hybridized carbons (Fsp3) is 0.357. The first-order valence-corrected chi connectivity index (χ1v) is 7.27. The average molecular weight is 341 g/mol. The Hall–Kier alpha value is -1.24. The van der Waals surface area contributed by atoms with E-state index in [2.05, 4.69) is 33.4 Å². The van der Waals surface area contributed by atoms with Crippen molar-refractivity contribution in [2.24, 2.45) is 12.9 Å². The highest BCUT2D eigenvalue weighted by Crippen LogP contribution is 2.24. The van der Waals surface area contributed by atoms with Crippen LogP contribution in [0.3, 0.4) is 0 Å². The number of rotatable bonds is 5. The molecule has 108 valence electrons. The lowest BCUT2D eigenvalue weighted by Crippen LogP contribution is -2.30. The van der Waals surface area contributed by atoms with Gasteiger partial charge in [0.25, 0.3) is 0 Å². The zero-order valence-corrected chi connectivity index (χ0v) is 13.1. The molecule has 0 fully saturated rings. The minimum absolute atomic E-state index is 0.0454. The summed E-state index contributed by atoms with van der Waals surface area (Å²) in [7, 11) is 1.89. The Kier molecular flexibility index (Phi) is 4.91. The summed E-state index contributed by atoms with van der Waals surface area (Å²) in [5.41, 5.74) is 5.94. The molecule has 0 saturated heterocycles. The quantitative estimate of drug-likeness (QED) is 0.649. The Morgan fingerprint density at radius 1 is 1.50 bits per heavy atom. The summed E-state index contributed by atoms with van der Waals surface area (Å²) in [6.07, 6.45) is 3.50. The van der Waals surface area contributed by atoms with Crippen LogP contribution in [0.2, 0.25) is 0 Å². The number of aromatic nitrogens is 2. The molecule has 0 saturated carbocycles. The second-order valence-corrected chi connectivity index (χ2v) is 5.58. The van der Waals surface area contributed by atoms with Crippen LogP contribution >= 0.6 is 15.9 Å². The number of aryl methyl sites for hydroxylation is 2. The standard InChI is InChI=1S/C14H18BrFN4/c1-3-13-10(8-20(2)19-13)14(18-17)7-9-4-5-12(16)11(15)6-9/h4-6,8,14,18H,3,7,17H2,1-2H3. The number of hydrogen-bond donors (Lipinski definition) is 2. The van der Waals surface area contributed by atoms with Gasteiger partial charge in [0.15, 0.2) is 0 Å². The van der Waals surface area contributed by atoms with Crippen LogP contribution in [0, 0.1) is 5.82 Å². The van der Waals surface area contributed by atoms with E-state index in [1.54, 1.807) is 16.8 Å². The average Bonchev–Trinajstić information content (AvgIpc) is 2.81. The van der Waals surface area contributed by atoms with E-state index in [4.69, 9.17) is 5.84 Å². The highest BCUT2D eigenvalue weighted by molar-refractivity contribution is 9.10. The van der Waals surface area contributed by atoms with Crippen molar-refractivity contribution in [3.8, 4) is 0 Å². The van der Waals surface area contributed by atoms with Crippen molar-refractivity contribution < 1.29 is 4.39 Å². The number of nitrogens with two attached hydrogens (primary N) is 1. The molecule has 3 N–H and O–H groups in total. The topological polar surface area (TPSA) is 55.9 Å². The second kappa shape index (κ2) is 6.47. The van der Waals surface area contributed by atoms with Crippen LogP contribution in [0.4, 0.5) is 4.39 Å². The Labute approximate surface area is 126 Å². The minimum atomic E-state index is -0.262. The Morgan fingerprint density at radius 2 is 2.25 bits per heavy atom. The Bertz CT molecular complexity index is 597. The third-order valence-electron chi connectivity index (χ3n) is 3.27. The molecule has 0 aliphatic rings. The lowest BCUT2D eigenvalue weighted by atomic mass is 9.99. The Balaban J connectivity index is 2.26. The van der Waals surface area contributed by atoms with Gasteiger partial charge in [0.2, 0.25) is 0 Å². The van der Waals surface area contributed by atoms with E-state index in [1.807, 2.05) is 13.2 Å². The van der Waals surface area contributed by atoms with Gasteiger partial charge in [-0.2, -0.15) is 5.10 Å². The number of nitrogens with one attached hydrogen (secondary N) is 1. The Morgan fingerprint density at radius 3 is 2.85 bits per heavy atom. The summed E-state index contributed by atoms with van der Waals surface area (Å²) >= 11 is 3.20. The smallest absolute Gasteiger partial charge is 0.137 e. The van der Waals surface area contributed by atoms with Gasteiger partial charge in [-0.15, -0.1) is 0 Å². The van der Waals surface area contributed by atoms with Gasteiger partial charge in [0, 0.05) is 18.8 Å². The summed E-state index contributed by atoms with van der Waals surface area (Å²) in [5.74, 6) is 5.42. The molecular formula is C14H18BrFN4. The first-order valence-electron chi connectivity index (χ1n) is 6.47. The summed E-state index contributed by atoms with van der Waals surface area (Å²) in [4.78, 5) is 0. The second-order valence-electron chi connectivity index (χ2n) is 4.73. The monoisotopic (exact) mass is 340 g/mol. The minimum Gasteiger partial charge on any atom is -0.275 e. The van der Waals surface area contributed by atoms with E-state index in [1.165, 1.54) is 6.07 Å². The van der Waals surface area contributed by atoms with Crippen LogP contribution in [-0.2, 0) is 19.9 Å². The van der Waals surface area contributed by atoms with Gasteiger partial charge in [-0.3, -0.25) is 16.0 Å². The van der Waals surface area contributed by atoms with Gasteiger partial charge in [0.05, 0.1) is 16.2 Å². The molecule has 4 nitrogen and oxygen atoms in total. The molecule has 20 heavy (non-hydrogen) atoms. The fourth-order valence-electron chi connectivity index (χ4n) is 2.28. The van der Waals surface area contributed by atoms with Crippen LogP contribution in [-0.4, -0.2) is 9.78 Å². The lowest BCUT2D eigenvalue weighted by Gasteiger charge is -2.16.